The average Bonchev–Trinajstić information content (AvgIpc) is 3.29. The summed E-state index contributed by atoms with van der Waals surface area (Å²) in [6.45, 7) is 4.08. The van der Waals surface area contributed by atoms with Gasteiger partial charge in [-0.1, -0.05) is 26.0 Å². The molecule has 1 aromatic carbocycles. The molecule has 1 N–H and O–H groups in total. The van der Waals surface area contributed by atoms with Crippen LogP contribution in [-0.4, -0.2) is 26.6 Å². The van der Waals surface area contributed by atoms with Crippen molar-refractivity contribution in [1.29, 1.82) is 0 Å². The molecule has 0 aliphatic heterocycles. The van der Waals surface area contributed by atoms with E-state index in [0.29, 0.717) is 17.9 Å². The number of rotatable bonds is 8. The van der Waals surface area contributed by atoms with Gasteiger partial charge >= 0.3 is 12.1 Å². The fourth-order valence-electron chi connectivity index (χ4n) is 2.92. The van der Waals surface area contributed by atoms with Gasteiger partial charge < -0.3 is 10.1 Å². The molecule has 3 aromatic rings. The highest BCUT2D eigenvalue weighted by Gasteiger charge is 2.31. The fourth-order valence-corrected chi connectivity index (χ4v) is 3.56. The van der Waals surface area contributed by atoms with Crippen molar-refractivity contribution in [2.75, 3.05) is 0 Å². The Balaban J connectivity index is 1.70. The predicted molar refractivity (Wildman–Crippen MR) is 110 cm³/mol. The zero-order valence-corrected chi connectivity index (χ0v) is 17.7. The zero-order chi connectivity index (χ0) is 22.6. The molecule has 0 unspecified atom stereocenters. The van der Waals surface area contributed by atoms with Gasteiger partial charge in [-0.2, -0.15) is 11.3 Å². The summed E-state index contributed by atoms with van der Waals surface area (Å²) in [6, 6.07) is 7.16. The van der Waals surface area contributed by atoms with Gasteiger partial charge in [0.15, 0.2) is 5.82 Å². The molecule has 2 heterocycles. The number of halogens is 3. The van der Waals surface area contributed by atoms with Gasteiger partial charge in [-0.25, -0.2) is 9.48 Å². The third-order valence-electron chi connectivity index (χ3n) is 4.16. The second kappa shape index (κ2) is 9.38. The lowest BCUT2D eigenvalue weighted by Crippen LogP contribution is -2.34. The van der Waals surface area contributed by atoms with Crippen molar-refractivity contribution in [2.45, 2.75) is 39.8 Å². The first kappa shape index (κ1) is 22.6. The zero-order valence-electron chi connectivity index (χ0n) is 16.8. The number of benzene rings is 1. The number of alkyl halides is 3. The molecule has 166 valence electrons. The summed E-state index contributed by atoms with van der Waals surface area (Å²) in [4.78, 5) is 25.1. The minimum atomic E-state index is -4.79. The van der Waals surface area contributed by atoms with E-state index in [4.69, 9.17) is 0 Å². The lowest BCUT2D eigenvalue weighted by Gasteiger charge is -2.10. The number of amides is 1. The highest BCUT2D eigenvalue weighted by atomic mass is 32.1. The summed E-state index contributed by atoms with van der Waals surface area (Å²) in [6.07, 6.45) is -4.79. The number of thiophene rings is 1. The first-order valence-electron chi connectivity index (χ1n) is 9.44. The Bertz CT molecular complexity index is 1090. The van der Waals surface area contributed by atoms with E-state index >= 15 is 0 Å². The van der Waals surface area contributed by atoms with Gasteiger partial charge in [-0.15, -0.1) is 18.3 Å². The highest BCUT2D eigenvalue weighted by Crippen LogP contribution is 2.23. The second-order valence-electron chi connectivity index (χ2n) is 7.25. The van der Waals surface area contributed by atoms with Gasteiger partial charge in [0.2, 0.25) is 5.91 Å². The average molecular weight is 454 g/mol. The Labute approximate surface area is 180 Å². The Morgan fingerprint density at radius 1 is 1.29 bits per heavy atom. The van der Waals surface area contributed by atoms with Crippen LogP contribution < -0.4 is 15.7 Å². The van der Waals surface area contributed by atoms with Crippen LogP contribution in [0.4, 0.5) is 13.2 Å². The van der Waals surface area contributed by atoms with Crippen molar-refractivity contribution in [2.24, 2.45) is 5.92 Å². The molecule has 0 radical (unpaired) electrons. The quantitative estimate of drug-likeness (QED) is 0.564. The topological polar surface area (TPSA) is 78.2 Å². The molecule has 0 saturated heterocycles. The van der Waals surface area contributed by atoms with Crippen molar-refractivity contribution in [1.82, 2.24) is 19.7 Å². The third kappa shape index (κ3) is 6.20. The first-order valence-corrected chi connectivity index (χ1v) is 10.4. The number of hydrogen-bond acceptors (Lipinski definition) is 5. The predicted octanol–water partition coefficient (Wildman–Crippen LogP) is 3.64. The third-order valence-corrected chi connectivity index (χ3v) is 4.85. The van der Waals surface area contributed by atoms with Gasteiger partial charge in [0.25, 0.3) is 0 Å². The fraction of sp³-hybridized carbons (Fsp3) is 0.350. The van der Waals surface area contributed by atoms with Gasteiger partial charge in [0, 0.05) is 24.0 Å². The smallest absolute Gasteiger partial charge is 0.406 e. The number of nitrogens with one attached hydrogen (secondary N) is 1. The summed E-state index contributed by atoms with van der Waals surface area (Å²) in [7, 11) is 0. The van der Waals surface area contributed by atoms with Crippen molar-refractivity contribution < 1.29 is 22.7 Å². The van der Waals surface area contributed by atoms with Crippen molar-refractivity contribution in [3.05, 3.63) is 57.1 Å². The number of ether oxygens (including phenoxy) is 1. The second-order valence-corrected chi connectivity index (χ2v) is 8.03. The minimum Gasteiger partial charge on any atom is -0.406 e. The molecule has 0 fully saturated rings. The van der Waals surface area contributed by atoms with E-state index in [2.05, 4.69) is 15.2 Å². The molecule has 0 bridgehead atoms. The van der Waals surface area contributed by atoms with E-state index < -0.39 is 18.0 Å². The summed E-state index contributed by atoms with van der Waals surface area (Å²) >= 11 is 1.48. The van der Waals surface area contributed by atoms with Crippen LogP contribution in [0.3, 0.4) is 0 Å². The Hall–Kier alpha value is -3.08. The normalized spacial score (nSPS) is 11.7. The van der Waals surface area contributed by atoms with Gasteiger partial charge in [-0.05, 0) is 35.1 Å². The van der Waals surface area contributed by atoms with Gasteiger partial charge in [-0.3, -0.25) is 9.36 Å². The van der Waals surface area contributed by atoms with Crippen LogP contribution in [0.2, 0.25) is 0 Å². The molecule has 7 nitrogen and oxygen atoms in total. The van der Waals surface area contributed by atoms with Gasteiger partial charge in [0.1, 0.15) is 12.3 Å². The molecule has 0 aliphatic carbocycles. The minimum absolute atomic E-state index is 0.0211. The van der Waals surface area contributed by atoms with Crippen LogP contribution >= 0.6 is 11.3 Å². The van der Waals surface area contributed by atoms with Crippen molar-refractivity contribution >= 4 is 17.2 Å². The van der Waals surface area contributed by atoms with E-state index in [1.165, 1.54) is 34.1 Å². The van der Waals surface area contributed by atoms with E-state index in [1.807, 2.05) is 30.7 Å². The largest absolute Gasteiger partial charge is 0.573 e. The van der Waals surface area contributed by atoms with Crippen LogP contribution in [0.1, 0.15) is 19.4 Å². The van der Waals surface area contributed by atoms with Crippen LogP contribution in [0.15, 0.2) is 45.9 Å². The molecule has 0 atom stereocenters. The molecular formula is C20H21F3N4O3S. The number of carbonyl (C=O) groups is 1. The molecule has 0 spiro atoms. The molecule has 31 heavy (non-hydrogen) atoms. The van der Waals surface area contributed by atoms with E-state index in [9.17, 15) is 22.8 Å². The summed E-state index contributed by atoms with van der Waals surface area (Å²) in [5.74, 6) is -0.170. The summed E-state index contributed by atoms with van der Waals surface area (Å²) in [5.41, 5.74) is 0.820. The number of aromatic nitrogens is 3. The summed E-state index contributed by atoms with van der Waals surface area (Å²) in [5, 5.41) is 10.7. The van der Waals surface area contributed by atoms with Gasteiger partial charge in [0.05, 0.1) is 0 Å². The monoisotopic (exact) mass is 454 g/mol. The van der Waals surface area contributed by atoms with Crippen molar-refractivity contribution in [3.63, 3.8) is 0 Å². The molecular weight excluding hydrogens is 433 g/mol. The number of carbonyl (C=O) groups excluding carboxylic acids is 1. The van der Waals surface area contributed by atoms with E-state index in [0.717, 1.165) is 10.2 Å². The van der Waals surface area contributed by atoms with Crippen LogP contribution in [0.25, 0.3) is 11.4 Å². The number of nitrogens with zero attached hydrogens (tertiary/aromatic N) is 3. The molecule has 11 heteroatoms. The standard InChI is InChI=1S/C20H21F3N4O3S/c1-13(2)10-26-18(15-6-7-31-12-15)25-27(19(26)29)11-17(28)24-9-14-4-3-5-16(8-14)30-20(21,22)23/h3-8,12-13H,9-11H2,1-2H3,(H,24,28). The maximum absolute atomic E-state index is 12.8. The molecule has 0 aliphatic rings. The molecule has 0 saturated carbocycles. The summed E-state index contributed by atoms with van der Waals surface area (Å²) < 4.78 is 43.6. The molecule has 2 aromatic heterocycles. The molecule has 1 amide bonds. The number of hydrogen-bond donors (Lipinski definition) is 1. The lowest BCUT2D eigenvalue weighted by molar-refractivity contribution is -0.274. The van der Waals surface area contributed by atoms with Crippen LogP contribution in [0, 0.1) is 5.92 Å². The van der Waals surface area contributed by atoms with Crippen LogP contribution in [-0.2, 0) is 24.4 Å². The Morgan fingerprint density at radius 3 is 2.71 bits per heavy atom. The SMILES string of the molecule is CC(C)Cn1c(-c2ccsc2)nn(CC(=O)NCc2cccc(OC(F)(F)F)c2)c1=O. The van der Waals surface area contributed by atoms with Crippen LogP contribution in [0.5, 0.6) is 5.75 Å². The Kier molecular flexibility index (Phi) is 6.84. The maximum Gasteiger partial charge on any atom is 0.573 e. The first-order chi connectivity index (χ1) is 14.6. The van der Waals surface area contributed by atoms with E-state index in [1.54, 1.807) is 6.07 Å². The van der Waals surface area contributed by atoms with Crippen molar-refractivity contribution in [3.8, 4) is 17.1 Å². The lowest BCUT2D eigenvalue weighted by atomic mass is 10.2. The maximum atomic E-state index is 12.8. The highest BCUT2D eigenvalue weighted by molar-refractivity contribution is 7.08. The molecule has 3 rings (SSSR count). The van der Waals surface area contributed by atoms with E-state index in [-0.39, 0.29) is 24.8 Å². The Morgan fingerprint density at radius 2 is 2.06 bits per heavy atom.